The van der Waals surface area contributed by atoms with Gasteiger partial charge in [-0.1, -0.05) is 23.8 Å². The number of nitrogens with one attached hydrogen (secondary N) is 1. The SMILES string of the molecule is Cc1cc(C)c(N=c2cc3n(c(=O)n2CCN/C(N)=N/[N+](=O)[O-])CCc2cc(C)c(C)cc2-3)c(C)c1. The second-order valence-corrected chi connectivity index (χ2v) is 9.33. The minimum atomic E-state index is -0.867. The van der Waals surface area contributed by atoms with Gasteiger partial charge in [0.15, 0.2) is 5.03 Å². The number of guanidine groups is 1. The Labute approximate surface area is 209 Å². The van der Waals surface area contributed by atoms with Crippen molar-refractivity contribution in [1.29, 1.82) is 0 Å². The fourth-order valence-electron chi connectivity index (χ4n) is 4.80. The molecule has 0 saturated carbocycles. The fraction of sp³-hybridized carbons (Fsp3) is 0.346. The van der Waals surface area contributed by atoms with Crippen molar-refractivity contribution in [1.82, 2.24) is 14.5 Å². The lowest BCUT2D eigenvalue weighted by molar-refractivity contribution is -0.485. The number of fused-ring (bicyclic) bond motifs is 3. The summed E-state index contributed by atoms with van der Waals surface area (Å²) < 4.78 is 3.36. The predicted molar refractivity (Wildman–Crippen MR) is 140 cm³/mol. The zero-order chi connectivity index (χ0) is 26.1. The molecule has 0 amide bonds. The average molecular weight is 490 g/mol. The summed E-state index contributed by atoms with van der Waals surface area (Å²) in [6.07, 6.45) is 0.761. The Hall–Kier alpha value is -4.21. The highest BCUT2D eigenvalue weighted by atomic mass is 16.7. The van der Waals surface area contributed by atoms with E-state index in [1.807, 2.05) is 26.8 Å². The zero-order valence-corrected chi connectivity index (χ0v) is 21.3. The maximum atomic E-state index is 13.7. The molecule has 36 heavy (non-hydrogen) atoms. The van der Waals surface area contributed by atoms with E-state index in [-0.39, 0.29) is 24.7 Å². The smallest absolute Gasteiger partial charge is 0.330 e. The molecule has 0 atom stereocenters. The van der Waals surface area contributed by atoms with Gasteiger partial charge in [0.1, 0.15) is 10.6 Å². The lowest BCUT2D eigenvalue weighted by atomic mass is 9.93. The van der Waals surface area contributed by atoms with Crippen LogP contribution < -0.4 is 22.2 Å². The number of rotatable bonds is 5. The van der Waals surface area contributed by atoms with Crippen LogP contribution in [0.15, 0.2) is 45.2 Å². The summed E-state index contributed by atoms with van der Waals surface area (Å²) in [6, 6.07) is 10.4. The number of nitrogens with two attached hydrogens (primary N) is 1. The van der Waals surface area contributed by atoms with Gasteiger partial charge in [-0.15, -0.1) is 0 Å². The molecule has 10 nitrogen and oxygen atoms in total. The van der Waals surface area contributed by atoms with Gasteiger partial charge in [-0.2, -0.15) is 0 Å². The van der Waals surface area contributed by atoms with Crippen molar-refractivity contribution in [3.8, 4) is 11.3 Å². The predicted octanol–water partition coefficient (Wildman–Crippen LogP) is 2.74. The van der Waals surface area contributed by atoms with Crippen LogP contribution >= 0.6 is 0 Å². The highest BCUT2D eigenvalue weighted by Crippen LogP contribution is 2.30. The van der Waals surface area contributed by atoms with E-state index in [2.05, 4.69) is 48.5 Å². The molecule has 2 heterocycles. The lowest BCUT2D eigenvalue weighted by Gasteiger charge is -2.24. The van der Waals surface area contributed by atoms with Crippen LogP contribution in [0.3, 0.4) is 0 Å². The van der Waals surface area contributed by atoms with Crippen LogP contribution in [0.25, 0.3) is 11.3 Å². The summed E-state index contributed by atoms with van der Waals surface area (Å²) >= 11 is 0. The van der Waals surface area contributed by atoms with Gasteiger partial charge >= 0.3 is 5.69 Å². The van der Waals surface area contributed by atoms with Gasteiger partial charge in [0, 0.05) is 31.3 Å². The molecule has 0 aliphatic carbocycles. The van der Waals surface area contributed by atoms with E-state index in [9.17, 15) is 14.9 Å². The Morgan fingerprint density at radius 1 is 1.06 bits per heavy atom. The van der Waals surface area contributed by atoms with Crippen LogP contribution in [0.1, 0.15) is 33.4 Å². The van der Waals surface area contributed by atoms with Crippen molar-refractivity contribution in [3.63, 3.8) is 0 Å². The number of hydrogen-bond acceptors (Lipinski definition) is 4. The summed E-state index contributed by atoms with van der Waals surface area (Å²) in [5.41, 5.74) is 15.4. The third-order valence-corrected chi connectivity index (χ3v) is 6.59. The molecule has 1 aromatic heterocycles. The largest absolute Gasteiger partial charge is 0.365 e. The number of hydrazone groups is 1. The van der Waals surface area contributed by atoms with Crippen LogP contribution in [0.4, 0.5) is 5.69 Å². The molecule has 0 unspecified atom stereocenters. The Morgan fingerprint density at radius 2 is 1.72 bits per heavy atom. The molecule has 188 valence electrons. The molecular weight excluding hydrogens is 458 g/mol. The third kappa shape index (κ3) is 4.93. The second kappa shape index (κ2) is 9.80. The summed E-state index contributed by atoms with van der Waals surface area (Å²) in [5.74, 6) is -0.317. The fourth-order valence-corrected chi connectivity index (χ4v) is 4.80. The monoisotopic (exact) mass is 489 g/mol. The first-order valence-electron chi connectivity index (χ1n) is 11.8. The van der Waals surface area contributed by atoms with Crippen molar-refractivity contribution in [2.75, 3.05) is 6.54 Å². The number of aryl methyl sites for hydroxylation is 6. The standard InChI is InChI=1S/C26H31N7O3/c1-15-10-18(4)24(19(5)11-15)29-23-14-22-21-13-17(3)16(2)12-20(21)6-8-31(22)26(34)32(23)9-7-28-25(27)30-33(35)36/h10-14H,6-9H2,1-5H3,(H3,27,28,30). The van der Waals surface area contributed by atoms with Gasteiger partial charge in [0.05, 0.1) is 11.4 Å². The van der Waals surface area contributed by atoms with Gasteiger partial charge in [-0.05, 0) is 74.9 Å². The van der Waals surface area contributed by atoms with Gasteiger partial charge in [0.2, 0.25) is 0 Å². The Kier molecular flexibility index (Phi) is 6.78. The van der Waals surface area contributed by atoms with Crippen LogP contribution in [0.5, 0.6) is 0 Å². The molecule has 0 saturated heterocycles. The maximum Gasteiger partial charge on any atom is 0.330 e. The molecule has 3 aromatic rings. The van der Waals surface area contributed by atoms with Crippen molar-refractivity contribution >= 4 is 11.6 Å². The van der Waals surface area contributed by atoms with E-state index < -0.39 is 5.03 Å². The molecule has 10 heteroatoms. The molecular formula is C26H31N7O3. The normalized spacial score (nSPS) is 13.4. The number of nitro groups is 1. The third-order valence-electron chi connectivity index (χ3n) is 6.59. The molecule has 0 radical (unpaired) electrons. The first-order chi connectivity index (χ1) is 17.0. The van der Waals surface area contributed by atoms with E-state index >= 15 is 0 Å². The van der Waals surface area contributed by atoms with Crippen LogP contribution in [-0.4, -0.2) is 26.7 Å². The van der Waals surface area contributed by atoms with E-state index in [1.54, 1.807) is 9.13 Å². The molecule has 0 fully saturated rings. The van der Waals surface area contributed by atoms with E-state index in [0.717, 1.165) is 40.1 Å². The molecule has 2 aromatic carbocycles. The first kappa shape index (κ1) is 24.9. The summed E-state index contributed by atoms with van der Waals surface area (Å²) in [5, 5.41) is 15.5. The summed E-state index contributed by atoms with van der Waals surface area (Å²) in [6.45, 7) is 11.2. The Bertz CT molecular complexity index is 1510. The van der Waals surface area contributed by atoms with Crippen molar-refractivity contribution in [2.24, 2.45) is 15.8 Å². The highest BCUT2D eigenvalue weighted by Gasteiger charge is 2.20. The topological polar surface area (TPSA) is 133 Å². The van der Waals surface area contributed by atoms with Crippen LogP contribution in [-0.2, 0) is 19.5 Å². The number of nitrogens with zero attached hydrogens (tertiary/aromatic N) is 5. The number of aromatic nitrogens is 2. The molecule has 1 aliphatic rings. The van der Waals surface area contributed by atoms with Gasteiger partial charge in [-0.25, -0.2) is 19.9 Å². The van der Waals surface area contributed by atoms with E-state index in [0.29, 0.717) is 12.0 Å². The molecule has 4 rings (SSSR count). The minimum absolute atomic E-state index is 0.172. The molecule has 1 aliphatic heterocycles. The summed E-state index contributed by atoms with van der Waals surface area (Å²) in [7, 11) is 0. The van der Waals surface area contributed by atoms with E-state index in [4.69, 9.17) is 10.7 Å². The van der Waals surface area contributed by atoms with Crippen molar-refractivity contribution in [3.05, 3.63) is 89.8 Å². The second-order valence-electron chi connectivity index (χ2n) is 9.33. The Morgan fingerprint density at radius 3 is 2.39 bits per heavy atom. The average Bonchev–Trinajstić information content (AvgIpc) is 2.78. The maximum absolute atomic E-state index is 13.7. The van der Waals surface area contributed by atoms with Crippen molar-refractivity contribution in [2.45, 2.75) is 54.1 Å². The van der Waals surface area contributed by atoms with Gasteiger partial charge in [-0.3, -0.25) is 9.13 Å². The molecule has 3 N–H and O–H groups in total. The highest BCUT2D eigenvalue weighted by molar-refractivity contribution is 5.77. The van der Waals surface area contributed by atoms with E-state index in [1.165, 1.54) is 16.7 Å². The van der Waals surface area contributed by atoms with Gasteiger partial charge < -0.3 is 11.1 Å². The number of hydrogen-bond donors (Lipinski definition) is 2. The van der Waals surface area contributed by atoms with Crippen LogP contribution in [0, 0.1) is 44.7 Å². The zero-order valence-electron chi connectivity index (χ0n) is 21.3. The van der Waals surface area contributed by atoms with Crippen molar-refractivity contribution < 1.29 is 5.03 Å². The molecule has 0 spiro atoms. The minimum Gasteiger partial charge on any atom is -0.365 e. The lowest BCUT2D eigenvalue weighted by Crippen LogP contribution is -2.45. The number of benzene rings is 2. The Balaban J connectivity index is 1.90. The summed E-state index contributed by atoms with van der Waals surface area (Å²) in [4.78, 5) is 29.3. The van der Waals surface area contributed by atoms with Gasteiger partial charge in [0.25, 0.3) is 5.96 Å². The first-order valence-corrected chi connectivity index (χ1v) is 11.8. The molecule has 0 bridgehead atoms. The quantitative estimate of drug-likeness (QED) is 0.246. The van der Waals surface area contributed by atoms with Crippen LogP contribution in [0.2, 0.25) is 0 Å².